The van der Waals surface area contributed by atoms with E-state index in [1.165, 1.54) is 24.4 Å². The first-order chi connectivity index (χ1) is 5.75. The third-order valence-corrected chi connectivity index (χ3v) is 1.22. The van der Waals surface area contributed by atoms with Crippen molar-refractivity contribution in [2.45, 2.75) is 0 Å². The van der Waals surface area contributed by atoms with Gasteiger partial charge in [0.25, 0.3) is 5.91 Å². The van der Waals surface area contributed by atoms with Crippen LogP contribution in [0.25, 0.3) is 0 Å². The fourth-order valence-corrected chi connectivity index (χ4v) is 0.710. The van der Waals surface area contributed by atoms with Crippen LogP contribution < -0.4 is 5.32 Å². The maximum Gasteiger partial charge on any atom is 0.267 e. The molecule has 0 spiro atoms. The average molecular weight is 163 g/mol. The van der Waals surface area contributed by atoms with Gasteiger partial charge in [-0.25, -0.2) is 4.39 Å². The topological polar surface area (TPSA) is 52.9 Å². The number of hydrogen-bond acceptors (Lipinski definition) is 2. The second-order valence-corrected chi connectivity index (χ2v) is 1.96. The summed E-state index contributed by atoms with van der Waals surface area (Å²) in [5.74, 6) is -1.52. The van der Waals surface area contributed by atoms with Gasteiger partial charge in [0.2, 0.25) is 0 Å². The first kappa shape index (κ1) is 8.21. The standard InChI is InChI=1S/C8H4FN2O/c9-7-4-2-1-3-6(7)8(12)11-5-10/h1-3H,(H,11,12). The number of amides is 1. The third-order valence-electron chi connectivity index (χ3n) is 1.22. The molecular weight excluding hydrogens is 159 g/mol. The summed E-state index contributed by atoms with van der Waals surface area (Å²) in [6, 6.07) is 6.29. The molecule has 0 bridgehead atoms. The van der Waals surface area contributed by atoms with Crippen LogP contribution in [0.15, 0.2) is 18.2 Å². The van der Waals surface area contributed by atoms with E-state index in [0.29, 0.717) is 0 Å². The number of carbonyl (C=O) groups excluding carboxylic acids is 1. The molecule has 12 heavy (non-hydrogen) atoms. The van der Waals surface area contributed by atoms with Crippen LogP contribution in [0.5, 0.6) is 0 Å². The predicted molar refractivity (Wildman–Crippen MR) is 38.3 cm³/mol. The number of benzene rings is 1. The molecule has 0 aliphatic heterocycles. The molecule has 0 atom stereocenters. The molecule has 1 rings (SSSR count). The Morgan fingerprint density at radius 1 is 1.75 bits per heavy atom. The van der Waals surface area contributed by atoms with Crippen molar-refractivity contribution >= 4 is 5.91 Å². The molecule has 0 unspecified atom stereocenters. The van der Waals surface area contributed by atoms with E-state index in [2.05, 4.69) is 6.07 Å². The second kappa shape index (κ2) is 3.49. The quantitative estimate of drug-likeness (QED) is 0.492. The van der Waals surface area contributed by atoms with Crippen molar-refractivity contribution in [1.29, 1.82) is 5.26 Å². The minimum atomic E-state index is -0.759. The number of halogens is 1. The van der Waals surface area contributed by atoms with Crippen LogP contribution in [0.1, 0.15) is 10.4 Å². The van der Waals surface area contributed by atoms with Gasteiger partial charge in [-0.2, -0.15) is 5.26 Å². The number of rotatable bonds is 1. The van der Waals surface area contributed by atoms with E-state index >= 15 is 0 Å². The maximum atomic E-state index is 12.7. The van der Waals surface area contributed by atoms with Crippen molar-refractivity contribution in [1.82, 2.24) is 5.32 Å². The molecule has 1 amide bonds. The van der Waals surface area contributed by atoms with Gasteiger partial charge < -0.3 is 0 Å². The summed E-state index contributed by atoms with van der Waals surface area (Å²) in [7, 11) is 0. The highest BCUT2D eigenvalue weighted by atomic mass is 19.1. The smallest absolute Gasteiger partial charge is 0.267 e. The number of carbonyl (C=O) groups is 1. The maximum absolute atomic E-state index is 12.7. The lowest BCUT2D eigenvalue weighted by Gasteiger charge is -1.96. The minimum Gasteiger partial charge on any atom is -0.268 e. The molecule has 0 fully saturated rings. The molecule has 4 heteroatoms. The van der Waals surface area contributed by atoms with E-state index < -0.39 is 11.7 Å². The summed E-state index contributed by atoms with van der Waals surface area (Å²) in [6.07, 6.45) is 1.41. The van der Waals surface area contributed by atoms with E-state index in [-0.39, 0.29) is 5.56 Å². The summed E-state index contributed by atoms with van der Waals surface area (Å²) in [4.78, 5) is 10.9. The molecular formula is C8H4FN2O. The Morgan fingerprint density at radius 2 is 2.50 bits per heavy atom. The third kappa shape index (κ3) is 1.58. The molecule has 0 aliphatic rings. The van der Waals surface area contributed by atoms with Gasteiger partial charge in [-0.05, 0) is 6.07 Å². The Hall–Kier alpha value is -1.89. The Balaban J connectivity index is 2.97. The largest absolute Gasteiger partial charge is 0.268 e. The number of nitrogens with zero attached hydrogens (tertiary/aromatic N) is 1. The lowest BCUT2D eigenvalue weighted by molar-refractivity contribution is 0.0969. The van der Waals surface area contributed by atoms with E-state index in [1.54, 1.807) is 0 Å². The van der Waals surface area contributed by atoms with Crippen molar-refractivity contribution < 1.29 is 9.18 Å². The van der Waals surface area contributed by atoms with Crippen molar-refractivity contribution in [2.75, 3.05) is 0 Å². The van der Waals surface area contributed by atoms with Crippen LogP contribution in [-0.2, 0) is 0 Å². The zero-order valence-electron chi connectivity index (χ0n) is 5.97. The predicted octanol–water partition coefficient (Wildman–Crippen LogP) is 0.837. The number of nitrogens with one attached hydrogen (secondary N) is 1. The van der Waals surface area contributed by atoms with Crippen molar-refractivity contribution in [3.8, 4) is 6.19 Å². The monoisotopic (exact) mass is 163 g/mol. The van der Waals surface area contributed by atoms with Crippen LogP contribution >= 0.6 is 0 Å². The highest BCUT2D eigenvalue weighted by molar-refractivity contribution is 5.95. The van der Waals surface area contributed by atoms with Crippen molar-refractivity contribution in [2.24, 2.45) is 0 Å². The number of nitriles is 1. The lowest BCUT2D eigenvalue weighted by atomic mass is 10.2. The average Bonchev–Trinajstić information content (AvgIpc) is 2.05. The summed E-state index contributed by atoms with van der Waals surface area (Å²) in [5, 5.41) is 9.88. The Labute approximate surface area is 68.4 Å². The molecule has 0 heterocycles. The first-order valence-corrected chi connectivity index (χ1v) is 3.11. The van der Waals surface area contributed by atoms with Gasteiger partial charge in [-0.3, -0.25) is 10.1 Å². The Morgan fingerprint density at radius 3 is 3.08 bits per heavy atom. The summed E-state index contributed by atoms with van der Waals surface area (Å²) in [6.45, 7) is 0. The van der Waals surface area contributed by atoms with Gasteiger partial charge in [0.05, 0.1) is 5.56 Å². The van der Waals surface area contributed by atoms with Crippen LogP contribution in [0, 0.1) is 23.3 Å². The molecule has 0 saturated heterocycles. The number of hydrogen-bond donors (Lipinski definition) is 1. The molecule has 0 aliphatic carbocycles. The zero-order chi connectivity index (χ0) is 8.97. The highest BCUT2D eigenvalue weighted by Crippen LogP contribution is 2.04. The molecule has 1 radical (unpaired) electrons. The summed E-state index contributed by atoms with van der Waals surface area (Å²) in [5.41, 5.74) is -0.181. The van der Waals surface area contributed by atoms with Crippen molar-refractivity contribution in [3.05, 3.63) is 35.6 Å². The minimum absolute atomic E-state index is 0.181. The van der Waals surface area contributed by atoms with Crippen molar-refractivity contribution in [3.63, 3.8) is 0 Å². The molecule has 1 aromatic carbocycles. The van der Waals surface area contributed by atoms with Crippen LogP contribution in [0.3, 0.4) is 0 Å². The van der Waals surface area contributed by atoms with Crippen LogP contribution in [-0.4, -0.2) is 5.91 Å². The Kier molecular flexibility index (Phi) is 2.38. The molecule has 1 N–H and O–H groups in total. The summed E-state index contributed by atoms with van der Waals surface area (Å²) >= 11 is 0. The van der Waals surface area contributed by atoms with Crippen LogP contribution in [0.2, 0.25) is 0 Å². The Bertz CT molecular complexity index is 343. The van der Waals surface area contributed by atoms with Gasteiger partial charge in [0.15, 0.2) is 6.19 Å². The van der Waals surface area contributed by atoms with Gasteiger partial charge in [0, 0.05) is 6.07 Å². The molecule has 0 saturated carbocycles. The molecule has 59 valence electrons. The van der Waals surface area contributed by atoms with Gasteiger partial charge in [0.1, 0.15) is 5.82 Å². The summed E-state index contributed by atoms with van der Waals surface area (Å²) < 4.78 is 12.7. The van der Waals surface area contributed by atoms with Gasteiger partial charge in [-0.15, -0.1) is 0 Å². The zero-order valence-corrected chi connectivity index (χ0v) is 5.97. The lowest BCUT2D eigenvalue weighted by Crippen LogP contribution is -2.18. The van der Waals surface area contributed by atoms with Gasteiger partial charge in [-0.1, -0.05) is 12.1 Å². The SMILES string of the molecule is N#CNC(=O)c1ccc[c]c1F. The second-order valence-electron chi connectivity index (χ2n) is 1.96. The van der Waals surface area contributed by atoms with E-state index in [4.69, 9.17) is 5.26 Å². The fourth-order valence-electron chi connectivity index (χ4n) is 0.710. The fraction of sp³-hybridized carbons (Fsp3) is 0. The molecule has 3 nitrogen and oxygen atoms in total. The molecule has 0 aromatic heterocycles. The normalized spacial score (nSPS) is 8.67. The van der Waals surface area contributed by atoms with E-state index in [0.717, 1.165) is 0 Å². The van der Waals surface area contributed by atoms with E-state index in [1.807, 2.05) is 5.32 Å². The highest BCUT2D eigenvalue weighted by Gasteiger charge is 2.08. The first-order valence-electron chi connectivity index (χ1n) is 3.11. The molecule has 1 aromatic rings. The van der Waals surface area contributed by atoms with E-state index in [9.17, 15) is 9.18 Å². The van der Waals surface area contributed by atoms with Gasteiger partial charge >= 0.3 is 0 Å². The van der Waals surface area contributed by atoms with Crippen LogP contribution in [0.4, 0.5) is 4.39 Å².